The van der Waals surface area contributed by atoms with Crippen LogP contribution in [0.25, 0.3) is 0 Å². The molecule has 242 valence electrons. The van der Waals surface area contributed by atoms with Crippen molar-refractivity contribution >= 4 is 17.9 Å². The third-order valence-corrected chi connectivity index (χ3v) is 7.72. The Bertz CT molecular complexity index is 1250. The minimum absolute atomic E-state index is 0. The fourth-order valence-electron chi connectivity index (χ4n) is 4.89. The van der Waals surface area contributed by atoms with E-state index in [0.29, 0.717) is 33.0 Å². The van der Waals surface area contributed by atoms with E-state index in [0.717, 1.165) is 28.9 Å². The molecule has 0 spiro atoms. The molecule has 1 N–H and O–H groups in total. The molecule has 3 aromatic rings. The molecule has 7 nitrogen and oxygen atoms in total. The first kappa shape index (κ1) is 41.6. The van der Waals surface area contributed by atoms with Crippen molar-refractivity contribution in [2.45, 2.75) is 69.0 Å². The SMILES string of the molecule is CSc1ccc(COC2CN(C(=O)OC(C)(C)C)CC(O)C2c2ccc(OCCCOCc3ccccc3)cc2)cc1.[Br-].[Br-].[Zn+2]. The van der Waals surface area contributed by atoms with Crippen LogP contribution in [-0.2, 0) is 46.9 Å². The molecular weight excluding hydrogens is 776 g/mol. The van der Waals surface area contributed by atoms with Gasteiger partial charge in [-0.05, 0) is 68.0 Å². The van der Waals surface area contributed by atoms with Crippen LogP contribution >= 0.6 is 11.8 Å². The molecule has 3 unspecified atom stereocenters. The Hall–Kier alpha value is -1.46. The van der Waals surface area contributed by atoms with E-state index in [1.807, 2.05) is 81.6 Å². The number of likely N-dealkylation sites (tertiary alicyclic amines) is 1. The quantitative estimate of drug-likeness (QED) is 0.164. The predicted octanol–water partition coefficient (Wildman–Crippen LogP) is 0.680. The molecule has 0 radical (unpaired) electrons. The third-order valence-electron chi connectivity index (χ3n) is 6.98. The van der Waals surface area contributed by atoms with Crippen LogP contribution in [0.5, 0.6) is 5.75 Å². The van der Waals surface area contributed by atoms with Gasteiger partial charge in [0.15, 0.2) is 0 Å². The van der Waals surface area contributed by atoms with Crippen molar-refractivity contribution in [3.63, 3.8) is 0 Å². The number of thioether (sulfide) groups is 1. The summed E-state index contributed by atoms with van der Waals surface area (Å²) >= 11 is 1.69. The number of β-amino-alcohol motifs (C(OH)–C–C–N with tert-alkyl or cyclic N) is 1. The molecule has 1 aliphatic heterocycles. The molecule has 3 atom stereocenters. The topological polar surface area (TPSA) is 77.5 Å². The zero-order chi connectivity index (χ0) is 30.0. The van der Waals surface area contributed by atoms with Crippen molar-refractivity contribution < 1.29 is 82.3 Å². The largest absolute Gasteiger partial charge is 2.00 e. The summed E-state index contributed by atoms with van der Waals surface area (Å²) in [6, 6.07) is 26.1. The van der Waals surface area contributed by atoms with Crippen LogP contribution in [0.3, 0.4) is 0 Å². The van der Waals surface area contributed by atoms with Crippen molar-refractivity contribution in [2.75, 3.05) is 32.6 Å². The maximum absolute atomic E-state index is 12.9. The Morgan fingerprint density at radius 1 is 0.889 bits per heavy atom. The molecule has 1 amide bonds. The number of ether oxygens (including phenoxy) is 4. The molecule has 3 aromatic carbocycles. The van der Waals surface area contributed by atoms with Gasteiger partial charge in [-0.1, -0.05) is 54.6 Å². The number of halogens is 2. The van der Waals surface area contributed by atoms with Crippen LogP contribution in [-0.4, -0.2) is 66.5 Å². The number of rotatable bonds is 12. The molecule has 1 saturated heterocycles. The first-order valence-electron chi connectivity index (χ1n) is 14.5. The number of carbonyl (C=O) groups excluding carboxylic acids is 1. The second kappa shape index (κ2) is 20.7. The van der Waals surface area contributed by atoms with Crippen molar-refractivity contribution in [2.24, 2.45) is 0 Å². The second-order valence-electron chi connectivity index (χ2n) is 11.5. The van der Waals surface area contributed by atoms with Gasteiger partial charge in [0.25, 0.3) is 0 Å². The van der Waals surface area contributed by atoms with E-state index in [1.54, 1.807) is 16.7 Å². The van der Waals surface area contributed by atoms with Gasteiger partial charge in [-0.15, -0.1) is 11.8 Å². The van der Waals surface area contributed by atoms with Gasteiger partial charge >= 0.3 is 25.6 Å². The number of aliphatic hydroxyl groups excluding tert-OH is 1. The summed E-state index contributed by atoms with van der Waals surface area (Å²) in [5, 5.41) is 11.3. The van der Waals surface area contributed by atoms with Crippen LogP contribution in [0.15, 0.2) is 83.8 Å². The molecule has 0 aliphatic carbocycles. The van der Waals surface area contributed by atoms with Crippen LogP contribution in [0.2, 0.25) is 0 Å². The van der Waals surface area contributed by atoms with E-state index < -0.39 is 23.9 Å². The van der Waals surface area contributed by atoms with Gasteiger partial charge in [0.1, 0.15) is 11.4 Å². The number of carbonyl (C=O) groups is 1. The first-order valence-corrected chi connectivity index (χ1v) is 15.7. The average molecular weight is 819 g/mol. The summed E-state index contributed by atoms with van der Waals surface area (Å²) in [4.78, 5) is 15.6. The average Bonchev–Trinajstić information content (AvgIpc) is 2.98. The molecule has 1 aliphatic rings. The number of amides is 1. The fourth-order valence-corrected chi connectivity index (χ4v) is 5.30. The summed E-state index contributed by atoms with van der Waals surface area (Å²) in [6.45, 7) is 8.13. The Morgan fingerprint density at radius 2 is 1.53 bits per heavy atom. The summed E-state index contributed by atoms with van der Waals surface area (Å²) in [5.74, 6) is 0.448. The molecular formula is C34H43Br2NO6SZn. The van der Waals surface area contributed by atoms with Crippen LogP contribution in [0.1, 0.15) is 49.8 Å². The van der Waals surface area contributed by atoms with Crippen LogP contribution < -0.4 is 38.7 Å². The summed E-state index contributed by atoms with van der Waals surface area (Å²) in [5.41, 5.74) is 2.50. The molecule has 45 heavy (non-hydrogen) atoms. The van der Waals surface area contributed by atoms with Crippen LogP contribution in [0.4, 0.5) is 4.79 Å². The van der Waals surface area contributed by atoms with E-state index in [4.69, 9.17) is 18.9 Å². The summed E-state index contributed by atoms with van der Waals surface area (Å²) in [6.07, 6.45) is 1.14. The minimum Gasteiger partial charge on any atom is -1.00 e. The van der Waals surface area contributed by atoms with Gasteiger partial charge < -0.3 is 62.9 Å². The maximum Gasteiger partial charge on any atom is 2.00 e. The molecule has 0 bridgehead atoms. The van der Waals surface area contributed by atoms with Gasteiger partial charge in [-0.2, -0.15) is 0 Å². The van der Waals surface area contributed by atoms with Crippen molar-refractivity contribution in [1.29, 1.82) is 0 Å². The molecule has 0 aromatic heterocycles. The number of nitrogens with zero attached hydrogens (tertiary/aromatic N) is 1. The number of benzene rings is 3. The van der Waals surface area contributed by atoms with Crippen molar-refractivity contribution in [3.8, 4) is 5.75 Å². The molecule has 0 saturated carbocycles. The van der Waals surface area contributed by atoms with Crippen molar-refractivity contribution in [1.82, 2.24) is 4.90 Å². The van der Waals surface area contributed by atoms with E-state index in [2.05, 4.69) is 24.3 Å². The van der Waals surface area contributed by atoms with E-state index >= 15 is 0 Å². The van der Waals surface area contributed by atoms with E-state index in [-0.39, 0.29) is 65.9 Å². The molecule has 4 rings (SSSR count). The third kappa shape index (κ3) is 13.7. The van der Waals surface area contributed by atoms with Crippen molar-refractivity contribution in [3.05, 3.63) is 95.6 Å². The molecule has 11 heteroatoms. The zero-order valence-corrected chi connectivity index (χ0v) is 33.4. The van der Waals surface area contributed by atoms with Gasteiger partial charge in [0.2, 0.25) is 0 Å². The van der Waals surface area contributed by atoms with Crippen LogP contribution in [0, 0.1) is 0 Å². The monoisotopic (exact) mass is 815 g/mol. The van der Waals surface area contributed by atoms with Gasteiger partial charge in [0.05, 0.1) is 51.7 Å². The molecule has 1 heterocycles. The Kier molecular flexibility index (Phi) is 19.1. The Balaban J connectivity index is 0.00000337. The van der Waals surface area contributed by atoms with Gasteiger partial charge in [-0.25, -0.2) is 4.79 Å². The zero-order valence-electron chi connectivity index (χ0n) is 26.5. The van der Waals surface area contributed by atoms with Gasteiger partial charge in [-0.3, -0.25) is 0 Å². The summed E-state index contributed by atoms with van der Waals surface area (Å²) < 4.78 is 23.7. The number of hydrogen-bond acceptors (Lipinski definition) is 7. The van der Waals surface area contributed by atoms with Gasteiger partial charge in [0, 0.05) is 17.2 Å². The standard InChI is InChI=1S/C34H43NO6S.2BrH.Zn/c1-34(2,3)41-33(37)35-21-30(36)32(31(22-35)40-24-26-11-17-29(42-4)18-12-26)27-13-15-28(16-14-27)39-20-8-19-38-23-25-9-6-5-7-10-25;;;/h5-7,9-18,30-32,36H,8,19-24H2,1-4H3;2*1H;/q;;;+2/p-2. The smallest absolute Gasteiger partial charge is 1.00 e. The number of piperidine rings is 1. The number of hydrogen-bond donors (Lipinski definition) is 1. The Labute approximate surface area is 306 Å². The summed E-state index contributed by atoms with van der Waals surface area (Å²) in [7, 11) is 0. The fraction of sp³-hybridized carbons (Fsp3) is 0.441. The predicted molar refractivity (Wildman–Crippen MR) is 166 cm³/mol. The first-order chi connectivity index (χ1) is 20.2. The van der Waals surface area contributed by atoms with E-state index in [9.17, 15) is 9.90 Å². The normalized spacial score (nSPS) is 17.7. The molecule has 1 fully saturated rings. The maximum atomic E-state index is 12.9. The van der Waals surface area contributed by atoms with E-state index in [1.165, 1.54) is 4.90 Å². The second-order valence-corrected chi connectivity index (χ2v) is 12.4. The number of aliphatic hydroxyl groups is 1. The Morgan fingerprint density at radius 3 is 2.16 bits per heavy atom. The minimum atomic E-state index is -0.816.